The van der Waals surface area contributed by atoms with Crippen molar-refractivity contribution in [2.75, 3.05) is 6.54 Å². The molecule has 0 radical (unpaired) electrons. The Morgan fingerprint density at radius 2 is 1.79 bits per heavy atom. The summed E-state index contributed by atoms with van der Waals surface area (Å²) in [5, 5.41) is 2.63. The third kappa shape index (κ3) is 5.53. The van der Waals surface area contributed by atoms with Crippen LogP contribution in [0, 0.1) is 5.82 Å². The van der Waals surface area contributed by atoms with Crippen LogP contribution in [-0.4, -0.2) is 12.5 Å². The molecule has 0 aliphatic heterocycles. The van der Waals surface area contributed by atoms with Crippen LogP contribution in [0.3, 0.4) is 0 Å². The predicted octanol–water partition coefficient (Wildman–Crippen LogP) is 4.22. The lowest BCUT2D eigenvalue weighted by Gasteiger charge is -2.06. The molecule has 2 aromatic rings. The van der Waals surface area contributed by atoms with Crippen molar-refractivity contribution in [3.8, 4) is 0 Å². The van der Waals surface area contributed by atoms with Crippen molar-refractivity contribution in [2.45, 2.75) is 12.6 Å². The van der Waals surface area contributed by atoms with Crippen molar-refractivity contribution in [3.05, 3.63) is 77.1 Å². The molecule has 0 atom stereocenters. The smallest absolute Gasteiger partial charge is 0.352 e. The van der Waals surface area contributed by atoms with E-state index in [1.54, 1.807) is 12.1 Å². The summed E-state index contributed by atoms with van der Waals surface area (Å²) in [5.41, 5.74) is 0.518. The lowest BCUT2D eigenvalue weighted by molar-refractivity contribution is -0.137. The SMILES string of the molecule is O=C(/C=C/c1ccc(C(F)(F)F)cc1)NCCc1cccc(F)c1. The molecule has 1 N–H and O–H groups in total. The van der Waals surface area contributed by atoms with Gasteiger partial charge in [-0.05, 0) is 47.9 Å². The summed E-state index contributed by atoms with van der Waals surface area (Å²) in [5.74, 6) is -0.702. The molecule has 0 unspecified atom stereocenters. The molecule has 0 heterocycles. The second kappa shape index (κ2) is 7.77. The minimum atomic E-state index is -4.38. The van der Waals surface area contributed by atoms with Crippen LogP contribution in [0.2, 0.25) is 0 Å². The fraction of sp³-hybridized carbons (Fsp3) is 0.167. The van der Waals surface area contributed by atoms with Gasteiger partial charge in [0.25, 0.3) is 0 Å². The molecule has 0 spiro atoms. The van der Waals surface area contributed by atoms with Gasteiger partial charge >= 0.3 is 6.18 Å². The van der Waals surface area contributed by atoms with Crippen molar-refractivity contribution >= 4 is 12.0 Å². The van der Waals surface area contributed by atoms with Gasteiger partial charge in [-0.1, -0.05) is 24.3 Å². The van der Waals surface area contributed by atoms with Gasteiger partial charge in [-0.2, -0.15) is 13.2 Å². The highest BCUT2D eigenvalue weighted by molar-refractivity contribution is 5.91. The number of carbonyl (C=O) groups is 1. The zero-order chi connectivity index (χ0) is 17.6. The number of benzene rings is 2. The van der Waals surface area contributed by atoms with Gasteiger partial charge in [-0.25, -0.2) is 4.39 Å². The second-order valence-electron chi connectivity index (χ2n) is 5.12. The first kappa shape index (κ1) is 17.7. The molecule has 0 aliphatic rings. The van der Waals surface area contributed by atoms with Crippen molar-refractivity contribution in [1.82, 2.24) is 5.32 Å². The highest BCUT2D eigenvalue weighted by atomic mass is 19.4. The van der Waals surface area contributed by atoms with Crippen LogP contribution in [-0.2, 0) is 17.4 Å². The molecule has 0 aliphatic carbocycles. The maximum absolute atomic E-state index is 13.0. The molecular weight excluding hydrogens is 322 g/mol. The summed E-state index contributed by atoms with van der Waals surface area (Å²) in [6.07, 6.45) is -1.22. The Bertz CT molecular complexity index is 721. The van der Waals surface area contributed by atoms with Gasteiger partial charge in [0.05, 0.1) is 5.56 Å². The number of rotatable bonds is 5. The Morgan fingerprint density at radius 3 is 2.42 bits per heavy atom. The number of alkyl halides is 3. The van der Waals surface area contributed by atoms with Crippen molar-refractivity contribution in [1.29, 1.82) is 0 Å². The standard InChI is InChI=1S/C18H15F4NO/c19-16-3-1-2-14(12-16)10-11-23-17(24)9-6-13-4-7-15(8-5-13)18(20,21)22/h1-9,12H,10-11H2,(H,23,24)/b9-6+. The Balaban J connectivity index is 1.82. The molecule has 1 amide bonds. The maximum atomic E-state index is 13.0. The molecule has 2 nitrogen and oxygen atoms in total. The van der Waals surface area contributed by atoms with Crippen LogP contribution in [0.1, 0.15) is 16.7 Å². The van der Waals surface area contributed by atoms with E-state index in [0.717, 1.165) is 17.7 Å². The lowest BCUT2D eigenvalue weighted by atomic mass is 10.1. The van der Waals surface area contributed by atoms with Crippen LogP contribution >= 0.6 is 0 Å². The molecule has 6 heteroatoms. The number of nitrogens with one attached hydrogen (secondary N) is 1. The van der Waals surface area contributed by atoms with Gasteiger partial charge in [-0.15, -0.1) is 0 Å². The predicted molar refractivity (Wildman–Crippen MR) is 83.6 cm³/mol. The van der Waals surface area contributed by atoms with E-state index in [4.69, 9.17) is 0 Å². The summed E-state index contributed by atoms with van der Waals surface area (Å²) in [6.45, 7) is 0.333. The molecule has 2 rings (SSSR count). The molecule has 0 saturated heterocycles. The van der Waals surface area contributed by atoms with Crippen LogP contribution in [0.25, 0.3) is 6.08 Å². The summed E-state index contributed by atoms with van der Waals surface area (Å²) >= 11 is 0. The number of amides is 1. The Morgan fingerprint density at radius 1 is 1.08 bits per heavy atom. The normalized spacial score (nSPS) is 11.7. The van der Waals surface area contributed by atoms with Crippen LogP contribution in [0.5, 0.6) is 0 Å². The third-order valence-electron chi connectivity index (χ3n) is 3.27. The van der Waals surface area contributed by atoms with E-state index in [1.807, 2.05) is 0 Å². The van der Waals surface area contributed by atoms with Gasteiger partial charge in [0.1, 0.15) is 5.82 Å². The minimum Gasteiger partial charge on any atom is -0.352 e. The highest BCUT2D eigenvalue weighted by Crippen LogP contribution is 2.29. The zero-order valence-corrected chi connectivity index (χ0v) is 12.6. The fourth-order valence-corrected chi connectivity index (χ4v) is 2.04. The number of hydrogen-bond donors (Lipinski definition) is 1. The first-order valence-corrected chi connectivity index (χ1v) is 7.22. The maximum Gasteiger partial charge on any atom is 0.416 e. The minimum absolute atomic E-state index is 0.332. The van der Waals surface area contributed by atoms with E-state index in [-0.39, 0.29) is 11.7 Å². The van der Waals surface area contributed by atoms with Crippen molar-refractivity contribution in [3.63, 3.8) is 0 Å². The first-order valence-electron chi connectivity index (χ1n) is 7.22. The molecule has 0 fully saturated rings. The average molecular weight is 337 g/mol. The Kier molecular flexibility index (Phi) is 5.73. The van der Waals surface area contributed by atoms with Gasteiger partial charge in [0.2, 0.25) is 5.91 Å². The molecule has 2 aromatic carbocycles. The molecule has 0 aromatic heterocycles. The number of carbonyl (C=O) groups excluding carboxylic acids is 1. The van der Waals surface area contributed by atoms with Crippen LogP contribution < -0.4 is 5.32 Å². The monoisotopic (exact) mass is 337 g/mol. The highest BCUT2D eigenvalue weighted by Gasteiger charge is 2.29. The van der Waals surface area contributed by atoms with Crippen molar-refractivity contribution in [2.24, 2.45) is 0 Å². The molecule has 0 saturated carbocycles. The lowest BCUT2D eigenvalue weighted by Crippen LogP contribution is -2.23. The zero-order valence-electron chi connectivity index (χ0n) is 12.6. The van der Waals surface area contributed by atoms with Gasteiger partial charge in [-0.3, -0.25) is 4.79 Å². The first-order chi connectivity index (χ1) is 11.3. The Hall–Kier alpha value is -2.63. The van der Waals surface area contributed by atoms with E-state index in [0.29, 0.717) is 18.5 Å². The van der Waals surface area contributed by atoms with Crippen LogP contribution in [0.4, 0.5) is 17.6 Å². The Labute approximate surface area is 136 Å². The van der Waals surface area contributed by atoms with Crippen LogP contribution in [0.15, 0.2) is 54.6 Å². The van der Waals surface area contributed by atoms with E-state index in [1.165, 1.54) is 36.4 Å². The largest absolute Gasteiger partial charge is 0.416 e. The number of hydrogen-bond acceptors (Lipinski definition) is 1. The molecule has 126 valence electrons. The summed E-state index contributed by atoms with van der Waals surface area (Å²) in [6, 6.07) is 10.6. The number of halogens is 4. The third-order valence-corrected chi connectivity index (χ3v) is 3.27. The summed E-state index contributed by atoms with van der Waals surface area (Å²) < 4.78 is 50.3. The van der Waals surface area contributed by atoms with E-state index in [2.05, 4.69) is 5.32 Å². The van der Waals surface area contributed by atoms with Gasteiger partial charge in [0.15, 0.2) is 0 Å². The van der Waals surface area contributed by atoms with E-state index in [9.17, 15) is 22.4 Å². The molecule has 24 heavy (non-hydrogen) atoms. The second-order valence-corrected chi connectivity index (χ2v) is 5.12. The van der Waals surface area contributed by atoms with Gasteiger partial charge in [0, 0.05) is 12.6 Å². The molecular formula is C18H15F4NO. The van der Waals surface area contributed by atoms with Crippen molar-refractivity contribution < 1.29 is 22.4 Å². The summed E-state index contributed by atoms with van der Waals surface area (Å²) in [7, 11) is 0. The topological polar surface area (TPSA) is 29.1 Å². The van der Waals surface area contributed by atoms with E-state index < -0.39 is 11.7 Å². The van der Waals surface area contributed by atoms with E-state index >= 15 is 0 Å². The quantitative estimate of drug-likeness (QED) is 0.642. The fourth-order valence-electron chi connectivity index (χ4n) is 2.04. The molecule has 0 bridgehead atoms. The van der Waals surface area contributed by atoms with Gasteiger partial charge < -0.3 is 5.32 Å². The summed E-state index contributed by atoms with van der Waals surface area (Å²) in [4.78, 5) is 11.6. The average Bonchev–Trinajstić information content (AvgIpc) is 2.52.